The predicted octanol–water partition coefficient (Wildman–Crippen LogP) is 6.01. The van der Waals surface area contributed by atoms with Crippen LogP contribution in [0.2, 0.25) is 5.02 Å². The zero-order valence-corrected chi connectivity index (χ0v) is 16.7. The Labute approximate surface area is 174 Å². The first-order valence-corrected chi connectivity index (χ1v) is 9.65. The SMILES string of the molecule is CCCc1ccc(COc2ccc(C(=O)c3cc([N+](=O)[O-])ccc3Cl)cc2)cc1. The van der Waals surface area contributed by atoms with E-state index < -0.39 is 4.92 Å². The van der Waals surface area contributed by atoms with Gasteiger partial charge in [0.05, 0.1) is 9.95 Å². The van der Waals surface area contributed by atoms with Gasteiger partial charge in [-0.15, -0.1) is 0 Å². The van der Waals surface area contributed by atoms with E-state index >= 15 is 0 Å². The van der Waals surface area contributed by atoms with E-state index in [0.717, 1.165) is 18.4 Å². The first-order valence-electron chi connectivity index (χ1n) is 9.27. The van der Waals surface area contributed by atoms with Crippen LogP contribution in [0.4, 0.5) is 5.69 Å². The van der Waals surface area contributed by atoms with Crippen LogP contribution in [0, 0.1) is 10.1 Å². The standard InChI is InChI=1S/C23H20ClNO4/c1-2-3-16-4-6-17(7-5-16)15-29-20-11-8-18(9-12-20)23(26)21-14-19(25(27)28)10-13-22(21)24/h4-14H,2-3,15H2,1H3. The number of carbonyl (C=O) groups is 1. The van der Waals surface area contributed by atoms with Crippen molar-refractivity contribution in [3.8, 4) is 5.75 Å². The molecule has 6 heteroatoms. The van der Waals surface area contributed by atoms with Gasteiger partial charge in [-0.1, -0.05) is 49.2 Å². The molecule has 0 atom stereocenters. The van der Waals surface area contributed by atoms with Crippen molar-refractivity contribution >= 4 is 23.1 Å². The van der Waals surface area contributed by atoms with Crippen LogP contribution in [0.15, 0.2) is 66.7 Å². The normalized spacial score (nSPS) is 10.6. The van der Waals surface area contributed by atoms with Gasteiger partial charge in [0, 0.05) is 23.3 Å². The van der Waals surface area contributed by atoms with Gasteiger partial charge in [0.25, 0.3) is 5.69 Å². The van der Waals surface area contributed by atoms with Crippen molar-refractivity contribution in [2.24, 2.45) is 0 Å². The topological polar surface area (TPSA) is 69.4 Å². The first-order chi connectivity index (χ1) is 14.0. The molecule has 3 aromatic carbocycles. The van der Waals surface area contributed by atoms with Crippen molar-refractivity contribution in [2.45, 2.75) is 26.4 Å². The molecule has 0 aliphatic heterocycles. The molecule has 0 unspecified atom stereocenters. The van der Waals surface area contributed by atoms with Gasteiger partial charge >= 0.3 is 0 Å². The fourth-order valence-corrected chi connectivity index (χ4v) is 3.12. The largest absolute Gasteiger partial charge is 0.489 e. The summed E-state index contributed by atoms with van der Waals surface area (Å²) in [7, 11) is 0. The summed E-state index contributed by atoms with van der Waals surface area (Å²) < 4.78 is 5.78. The van der Waals surface area contributed by atoms with Crippen LogP contribution in [-0.4, -0.2) is 10.7 Å². The molecule has 0 spiro atoms. The van der Waals surface area contributed by atoms with E-state index in [9.17, 15) is 14.9 Å². The molecule has 3 aromatic rings. The second-order valence-corrected chi connectivity index (χ2v) is 7.04. The van der Waals surface area contributed by atoms with Gasteiger partial charge in [0.15, 0.2) is 5.78 Å². The number of rotatable bonds is 8. The minimum Gasteiger partial charge on any atom is -0.489 e. The number of nitrogens with zero attached hydrogens (tertiary/aromatic N) is 1. The molecule has 29 heavy (non-hydrogen) atoms. The number of aryl methyl sites for hydroxylation is 1. The molecule has 5 nitrogen and oxygen atoms in total. The Morgan fingerprint density at radius 3 is 2.28 bits per heavy atom. The molecule has 0 aliphatic rings. The average Bonchev–Trinajstić information content (AvgIpc) is 2.73. The van der Waals surface area contributed by atoms with E-state index in [1.165, 1.54) is 23.8 Å². The van der Waals surface area contributed by atoms with E-state index in [1.807, 2.05) is 12.1 Å². The van der Waals surface area contributed by atoms with Crippen LogP contribution >= 0.6 is 11.6 Å². The van der Waals surface area contributed by atoms with E-state index in [1.54, 1.807) is 24.3 Å². The highest BCUT2D eigenvalue weighted by Gasteiger charge is 2.17. The van der Waals surface area contributed by atoms with Crippen LogP contribution in [0.3, 0.4) is 0 Å². The van der Waals surface area contributed by atoms with Gasteiger partial charge in [-0.05, 0) is 47.9 Å². The smallest absolute Gasteiger partial charge is 0.270 e. The number of nitro benzene ring substituents is 1. The van der Waals surface area contributed by atoms with Crippen LogP contribution in [-0.2, 0) is 13.0 Å². The first kappa shape index (κ1) is 20.6. The number of carbonyl (C=O) groups excluding carboxylic acids is 1. The maximum atomic E-state index is 12.7. The molecular weight excluding hydrogens is 390 g/mol. The van der Waals surface area contributed by atoms with Gasteiger partial charge in [-0.3, -0.25) is 14.9 Å². The van der Waals surface area contributed by atoms with E-state index in [4.69, 9.17) is 16.3 Å². The fourth-order valence-electron chi connectivity index (χ4n) is 2.92. The van der Waals surface area contributed by atoms with Crippen molar-refractivity contribution in [1.82, 2.24) is 0 Å². The molecule has 0 saturated heterocycles. The highest BCUT2D eigenvalue weighted by molar-refractivity contribution is 6.35. The minimum absolute atomic E-state index is 0.0988. The number of halogens is 1. The molecule has 0 N–H and O–H groups in total. The Hall–Kier alpha value is -3.18. The minimum atomic E-state index is -0.557. The lowest BCUT2D eigenvalue weighted by Crippen LogP contribution is -2.03. The number of nitro groups is 1. The third-order valence-corrected chi connectivity index (χ3v) is 4.82. The van der Waals surface area contributed by atoms with Gasteiger partial charge in [-0.25, -0.2) is 0 Å². The second kappa shape index (κ2) is 9.34. The maximum Gasteiger partial charge on any atom is 0.270 e. The summed E-state index contributed by atoms with van der Waals surface area (Å²) in [5.41, 5.74) is 2.67. The third kappa shape index (κ3) is 5.21. The number of hydrogen-bond acceptors (Lipinski definition) is 4. The quantitative estimate of drug-likeness (QED) is 0.259. The lowest BCUT2D eigenvalue weighted by molar-refractivity contribution is -0.384. The van der Waals surface area contributed by atoms with E-state index in [0.29, 0.717) is 17.9 Å². The average molecular weight is 410 g/mol. The number of ketones is 1. The fraction of sp³-hybridized carbons (Fsp3) is 0.174. The summed E-state index contributed by atoms with van der Waals surface area (Å²) in [6.45, 7) is 2.58. The Morgan fingerprint density at radius 2 is 1.66 bits per heavy atom. The lowest BCUT2D eigenvalue weighted by Gasteiger charge is -2.08. The number of benzene rings is 3. The van der Waals surface area contributed by atoms with Crippen molar-refractivity contribution in [2.75, 3.05) is 0 Å². The molecule has 0 bridgehead atoms. The number of hydrogen-bond donors (Lipinski definition) is 0. The molecule has 0 aliphatic carbocycles. The van der Waals surface area contributed by atoms with Crippen molar-refractivity contribution in [1.29, 1.82) is 0 Å². The molecule has 0 aromatic heterocycles. The van der Waals surface area contributed by atoms with Crippen LogP contribution < -0.4 is 4.74 Å². The molecule has 0 fully saturated rings. The van der Waals surface area contributed by atoms with Crippen LogP contribution in [0.25, 0.3) is 0 Å². The van der Waals surface area contributed by atoms with Crippen molar-refractivity contribution < 1.29 is 14.5 Å². The Bertz CT molecular complexity index is 1010. The Kier molecular flexibility index (Phi) is 6.62. The molecule has 3 rings (SSSR count). The predicted molar refractivity (Wildman–Crippen MR) is 113 cm³/mol. The Balaban J connectivity index is 1.67. The maximum absolute atomic E-state index is 12.7. The van der Waals surface area contributed by atoms with Gasteiger partial charge in [0.1, 0.15) is 12.4 Å². The highest BCUT2D eigenvalue weighted by Crippen LogP contribution is 2.25. The highest BCUT2D eigenvalue weighted by atomic mass is 35.5. The zero-order valence-electron chi connectivity index (χ0n) is 15.9. The molecule has 0 heterocycles. The second-order valence-electron chi connectivity index (χ2n) is 6.63. The van der Waals surface area contributed by atoms with E-state index in [2.05, 4.69) is 19.1 Å². The lowest BCUT2D eigenvalue weighted by atomic mass is 10.0. The van der Waals surface area contributed by atoms with Crippen LogP contribution in [0.1, 0.15) is 40.4 Å². The van der Waals surface area contributed by atoms with Gasteiger partial charge in [0.2, 0.25) is 0 Å². The monoisotopic (exact) mass is 409 g/mol. The number of ether oxygens (including phenoxy) is 1. The molecule has 148 valence electrons. The summed E-state index contributed by atoms with van der Waals surface area (Å²) in [5, 5.41) is 11.1. The summed E-state index contributed by atoms with van der Waals surface area (Å²) in [5.74, 6) is 0.251. The van der Waals surface area contributed by atoms with Crippen LogP contribution in [0.5, 0.6) is 5.75 Å². The summed E-state index contributed by atoms with van der Waals surface area (Å²) in [6, 6.07) is 18.8. The van der Waals surface area contributed by atoms with Gasteiger partial charge in [-0.2, -0.15) is 0 Å². The molecule has 0 radical (unpaired) electrons. The third-order valence-electron chi connectivity index (χ3n) is 4.49. The number of non-ortho nitro benzene ring substituents is 1. The summed E-state index contributed by atoms with van der Waals surface area (Å²) in [4.78, 5) is 23.1. The Morgan fingerprint density at radius 1 is 1.00 bits per heavy atom. The van der Waals surface area contributed by atoms with Crippen molar-refractivity contribution in [3.63, 3.8) is 0 Å². The molecule has 0 saturated carbocycles. The van der Waals surface area contributed by atoms with Gasteiger partial charge < -0.3 is 4.74 Å². The summed E-state index contributed by atoms with van der Waals surface area (Å²) in [6.07, 6.45) is 2.17. The molecule has 0 amide bonds. The molecular formula is C23H20ClNO4. The van der Waals surface area contributed by atoms with E-state index in [-0.39, 0.29) is 22.1 Å². The summed E-state index contributed by atoms with van der Waals surface area (Å²) >= 11 is 6.06. The zero-order chi connectivity index (χ0) is 20.8. The van der Waals surface area contributed by atoms with Crippen molar-refractivity contribution in [3.05, 3.63) is 104 Å².